The van der Waals surface area contributed by atoms with E-state index in [1.807, 2.05) is 6.07 Å². The second kappa shape index (κ2) is 9.94. The highest BCUT2D eigenvalue weighted by atomic mass is 19.4. The number of nitrogens with zero attached hydrogens (tertiary/aromatic N) is 4. The molecule has 33 heavy (non-hydrogen) atoms. The molecule has 0 aliphatic carbocycles. The summed E-state index contributed by atoms with van der Waals surface area (Å²) in [5.41, 5.74) is 7.85. The van der Waals surface area contributed by atoms with Crippen molar-refractivity contribution in [1.82, 2.24) is 19.3 Å². The van der Waals surface area contributed by atoms with Crippen LogP contribution in [-0.2, 0) is 31.1 Å². The summed E-state index contributed by atoms with van der Waals surface area (Å²) in [4.78, 5) is 13.0. The van der Waals surface area contributed by atoms with Crippen LogP contribution in [0.1, 0.15) is 22.6 Å². The molecule has 2 heterocycles. The number of carbonyl (C=O) groups is 1. The van der Waals surface area contributed by atoms with E-state index in [-0.39, 0.29) is 0 Å². The molecular weight excluding hydrogens is 458 g/mol. The maximum Gasteiger partial charge on any atom is 0.490 e. The smallest absolute Gasteiger partial charge is 0.475 e. The SMILES string of the molecule is Cc1cn(-c2cc(NCc3cc(CN)nn3C)cc(C(F)(F)F)c2)cn1.O=C(O)C(F)(F)F. The van der Waals surface area contributed by atoms with Gasteiger partial charge in [-0.25, -0.2) is 9.78 Å². The molecule has 0 amide bonds. The van der Waals surface area contributed by atoms with E-state index in [9.17, 15) is 26.3 Å². The minimum absolute atomic E-state index is 0.307. The Labute approximate surface area is 183 Å². The zero-order valence-corrected chi connectivity index (χ0v) is 17.4. The van der Waals surface area contributed by atoms with Crippen molar-refractivity contribution in [3.05, 3.63) is 59.4 Å². The highest BCUT2D eigenvalue weighted by Crippen LogP contribution is 2.33. The standard InChI is InChI=1S/C17H19F3N6.C2HF3O2/c1-11-9-26(10-23-11)15-4-12(17(18,19)20)3-13(5-15)22-8-16-6-14(7-21)24-25(16)2;3-2(4,5)1(6)7/h3-6,9-10,22H,7-8,21H2,1-2H3;(H,6,7). The zero-order valence-electron chi connectivity index (χ0n) is 17.4. The van der Waals surface area contributed by atoms with Crippen molar-refractivity contribution in [2.45, 2.75) is 32.4 Å². The summed E-state index contributed by atoms with van der Waals surface area (Å²) < 4.78 is 74.7. The number of aromatic nitrogens is 4. The number of anilines is 1. The third-order valence-corrected chi connectivity index (χ3v) is 4.21. The van der Waals surface area contributed by atoms with Crippen molar-refractivity contribution in [1.29, 1.82) is 0 Å². The second-order valence-corrected chi connectivity index (χ2v) is 6.80. The van der Waals surface area contributed by atoms with Crippen LogP contribution in [0.2, 0.25) is 0 Å². The van der Waals surface area contributed by atoms with Crippen LogP contribution in [0.5, 0.6) is 0 Å². The average molecular weight is 478 g/mol. The lowest BCUT2D eigenvalue weighted by Gasteiger charge is -2.14. The first kappa shape index (κ1) is 25.7. The minimum Gasteiger partial charge on any atom is -0.475 e. The Morgan fingerprint density at radius 2 is 1.79 bits per heavy atom. The van der Waals surface area contributed by atoms with Gasteiger partial charge in [-0.3, -0.25) is 4.68 Å². The lowest BCUT2D eigenvalue weighted by Crippen LogP contribution is -2.21. The van der Waals surface area contributed by atoms with E-state index >= 15 is 0 Å². The van der Waals surface area contributed by atoms with Gasteiger partial charge in [0.25, 0.3) is 0 Å². The van der Waals surface area contributed by atoms with Crippen molar-refractivity contribution in [2.75, 3.05) is 5.32 Å². The van der Waals surface area contributed by atoms with Crippen LogP contribution < -0.4 is 11.1 Å². The van der Waals surface area contributed by atoms with Crippen LogP contribution in [-0.4, -0.2) is 36.6 Å². The minimum atomic E-state index is -5.08. The van der Waals surface area contributed by atoms with Gasteiger partial charge in [-0.05, 0) is 31.2 Å². The van der Waals surface area contributed by atoms with E-state index in [4.69, 9.17) is 15.6 Å². The van der Waals surface area contributed by atoms with Gasteiger partial charge in [0.2, 0.25) is 0 Å². The fourth-order valence-corrected chi connectivity index (χ4v) is 2.62. The number of halogens is 6. The molecular formula is C19H20F6N6O2. The van der Waals surface area contributed by atoms with Crippen molar-refractivity contribution >= 4 is 11.7 Å². The Morgan fingerprint density at radius 3 is 2.24 bits per heavy atom. The van der Waals surface area contributed by atoms with Gasteiger partial charge in [0, 0.05) is 31.2 Å². The molecule has 0 aliphatic rings. The molecule has 3 aromatic rings. The second-order valence-electron chi connectivity index (χ2n) is 6.80. The average Bonchev–Trinajstić information content (AvgIpc) is 3.30. The van der Waals surface area contributed by atoms with Crippen LogP contribution in [0.25, 0.3) is 5.69 Å². The van der Waals surface area contributed by atoms with Crippen LogP contribution >= 0.6 is 0 Å². The Kier molecular flexibility index (Phi) is 7.74. The molecule has 180 valence electrons. The summed E-state index contributed by atoms with van der Waals surface area (Å²) in [6.07, 6.45) is -6.36. The lowest BCUT2D eigenvalue weighted by molar-refractivity contribution is -0.192. The number of imidazole rings is 1. The van der Waals surface area contributed by atoms with Crippen molar-refractivity contribution in [2.24, 2.45) is 12.8 Å². The molecule has 3 rings (SSSR count). The predicted octanol–water partition coefficient (Wildman–Crippen LogP) is 3.64. The fraction of sp³-hybridized carbons (Fsp3) is 0.316. The van der Waals surface area contributed by atoms with Gasteiger partial charge in [0.1, 0.15) is 0 Å². The van der Waals surface area contributed by atoms with Crippen LogP contribution in [0.4, 0.5) is 32.0 Å². The van der Waals surface area contributed by atoms with Gasteiger partial charge in [0.05, 0.1) is 35.5 Å². The molecule has 0 saturated carbocycles. The van der Waals surface area contributed by atoms with Gasteiger partial charge in [-0.15, -0.1) is 0 Å². The fourth-order valence-electron chi connectivity index (χ4n) is 2.62. The Morgan fingerprint density at radius 1 is 1.15 bits per heavy atom. The summed E-state index contributed by atoms with van der Waals surface area (Å²) in [6, 6.07) is 5.66. The van der Waals surface area contributed by atoms with E-state index in [1.165, 1.54) is 6.33 Å². The Hall–Kier alpha value is -3.55. The molecule has 0 spiro atoms. The van der Waals surface area contributed by atoms with Gasteiger partial charge in [0.15, 0.2) is 0 Å². The monoisotopic (exact) mass is 478 g/mol. The number of nitrogens with one attached hydrogen (secondary N) is 1. The van der Waals surface area contributed by atoms with Gasteiger partial charge >= 0.3 is 18.3 Å². The number of alkyl halides is 6. The van der Waals surface area contributed by atoms with E-state index < -0.39 is 23.9 Å². The van der Waals surface area contributed by atoms with E-state index in [2.05, 4.69) is 15.4 Å². The summed E-state index contributed by atoms with van der Waals surface area (Å²) in [6.45, 7) is 2.41. The maximum atomic E-state index is 13.3. The third-order valence-electron chi connectivity index (χ3n) is 4.21. The van der Waals surface area contributed by atoms with E-state index in [1.54, 1.807) is 35.5 Å². The first-order valence-corrected chi connectivity index (χ1v) is 9.19. The van der Waals surface area contributed by atoms with Crippen molar-refractivity contribution in [3.63, 3.8) is 0 Å². The van der Waals surface area contributed by atoms with E-state index in [0.717, 1.165) is 29.2 Å². The molecule has 0 unspecified atom stereocenters. The van der Waals surface area contributed by atoms with Gasteiger partial charge in [-0.2, -0.15) is 31.4 Å². The Balaban J connectivity index is 0.000000479. The first-order valence-electron chi connectivity index (χ1n) is 9.19. The van der Waals surface area contributed by atoms with Crippen molar-refractivity contribution in [3.8, 4) is 5.69 Å². The van der Waals surface area contributed by atoms with E-state index in [0.29, 0.717) is 24.5 Å². The molecule has 0 saturated heterocycles. The molecule has 1 aromatic carbocycles. The predicted molar refractivity (Wildman–Crippen MR) is 105 cm³/mol. The molecule has 4 N–H and O–H groups in total. The number of hydrogen-bond donors (Lipinski definition) is 3. The summed E-state index contributed by atoms with van der Waals surface area (Å²) >= 11 is 0. The molecule has 0 aliphatic heterocycles. The molecule has 0 atom stereocenters. The molecule has 2 aromatic heterocycles. The van der Waals surface area contributed by atoms with Crippen molar-refractivity contribution < 1.29 is 36.2 Å². The Bertz CT molecular complexity index is 1100. The first-order chi connectivity index (χ1) is 15.2. The number of carboxylic acid groups (broad SMARTS) is 1. The highest BCUT2D eigenvalue weighted by Gasteiger charge is 2.38. The third kappa shape index (κ3) is 7.24. The molecule has 0 fully saturated rings. The van der Waals surface area contributed by atoms with Crippen LogP contribution in [0.3, 0.4) is 0 Å². The summed E-state index contributed by atoms with van der Waals surface area (Å²) in [7, 11) is 1.77. The number of aliphatic carboxylic acids is 1. The largest absolute Gasteiger partial charge is 0.490 e. The van der Waals surface area contributed by atoms with Gasteiger partial charge < -0.3 is 20.7 Å². The number of carboxylic acids is 1. The van der Waals surface area contributed by atoms with Crippen LogP contribution in [0.15, 0.2) is 36.8 Å². The molecule has 8 nitrogen and oxygen atoms in total. The number of benzene rings is 1. The topological polar surface area (TPSA) is 111 Å². The number of aryl methyl sites for hydroxylation is 2. The molecule has 14 heteroatoms. The molecule has 0 radical (unpaired) electrons. The maximum absolute atomic E-state index is 13.3. The highest BCUT2D eigenvalue weighted by molar-refractivity contribution is 5.73. The number of nitrogens with two attached hydrogens (primary N) is 1. The summed E-state index contributed by atoms with van der Waals surface area (Å²) in [5.74, 6) is -2.76. The molecule has 0 bridgehead atoms. The summed E-state index contributed by atoms with van der Waals surface area (Å²) in [5, 5.41) is 14.4. The number of rotatable bonds is 5. The van der Waals surface area contributed by atoms with Crippen LogP contribution in [0, 0.1) is 6.92 Å². The lowest BCUT2D eigenvalue weighted by atomic mass is 10.1. The van der Waals surface area contributed by atoms with Gasteiger partial charge in [-0.1, -0.05) is 0 Å². The zero-order chi connectivity index (χ0) is 25.0. The number of hydrogen-bond acceptors (Lipinski definition) is 5. The normalized spacial score (nSPS) is 11.7. The quantitative estimate of drug-likeness (QED) is 0.483.